The molecule has 2 saturated carbocycles. The van der Waals surface area contributed by atoms with Gasteiger partial charge in [0.05, 0.1) is 12.0 Å². The fourth-order valence-electron chi connectivity index (χ4n) is 6.05. The van der Waals surface area contributed by atoms with Crippen LogP contribution in [0.15, 0.2) is 36.5 Å². The van der Waals surface area contributed by atoms with E-state index < -0.39 is 5.97 Å². The molecule has 2 aromatic rings. The molecule has 3 unspecified atom stereocenters. The number of carboxylic acids is 1. The topological polar surface area (TPSA) is 95.5 Å². The summed E-state index contributed by atoms with van der Waals surface area (Å²) >= 11 is 0. The van der Waals surface area contributed by atoms with Gasteiger partial charge >= 0.3 is 5.97 Å². The van der Waals surface area contributed by atoms with E-state index in [9.17, 15) is 14.7 Å². The van der Waals surface area contributed by atoms with E-state index in [0.717, 1.165) is 32.4 Å². The Balaban J connectivity index is 1.22. The summed E-state index contributed by atoms with van der Waals surface area (Å²) in [5.74, 6) is -0.254. The molecular formula is C25H31N3O4. The first-order chi connectivity index (χ1) is 15.5. The van der Waals surface area contributed by atoms with Gasteiger partial charge in [0, 0.05) is 32.3 Å². The minimum absolute atomic E-state index is 0.0405. The number of carboxylic acid groups (broad SMARTS) is 1. The largest absolute Gasteiger partial charge is 0.481 e. The molecule has 0 bridgehead atoms. The number of aromatic amines is 1. The Bertz CT molecular complexity index is 964. The van der Waals surface area contributed by atoms with Crippen LogP contribution in [0.4, 0.5) is 0 Å². The molecule has 7 nitrogen and oxygen atoms in total. The normalized spacial score (nSPS) is 29.1. The molecule has 1 spiro atoms. The molecule has 4 atom stereocenters. The van der Waals surface area contributed by atoms with Crippen LogP contribution in [0.25, 0.3) is 0 Å². The van der Waals surface area contributed by atoms with Crippen molar-refractivity contribution in [3.05, 3.63) is 53.3 Å². The van der Waals surface area contributed by atoms with Crippen molar-refractivity contribution < 1.29 is 19.4 Å². The van der Waals surface area contributed by atoms with Gasteiger partial charge in [0.15, 0.2) is 0 Å². The predicted molar refractivity (Wildman–Crippen MR) is 118 cm³/mol. The minimum Gasteiger partial charge on any atom is -0.481 e. The molecule has 3 fully saturated rings. The van der Waals surface area contributed by atoms with E-state index in [1.165, 1.54) is 17.5 Å². The average Bonchev–Trinajstić information content (AvgIpc) is 3.24. The zero-order valence-electron chi connectivity index (χ0n) is 18.5. The number of nitrogens with one attached hydrogen (secondary N) is 1. The number of methoxy groups -OCH3 is 1. The highest BCUT2D eigenvalue weighted by Crippen LogP contribution is 2.65. The molecule has 1 aromatic carbocycles. The van der Waals surface area contributed by atoms with Crippen LogP contribution in [0.3, 0.4) is 0 Å². The number of nitrogens with zero attached hydrogens (tertiary/aromatic N) is 2. The summed E-state index contributed by atoms with van der Waals surface area (Å²) in [6.45, 7) is 1.58. The van der Waals surface area contributed by atoms with Crippen LogP contribution in [0.2, 0.25) is 0 Å². The second-order valence-corrected chi connectivity index (χ2v) is 9.78. The standard InChI is InChI=1S/C25H31N3O4/c1-32-22-7-6-18(24(30)31)14-19(22)16-2-4-17(5-3-16)20-15-25(20)9-12-28(13-10-25)23(29)21-8-11-26-27-21/h2-5,8,11,18-20,22H,6-7,9-10,12-15H2,1H3,(H,26,27)(H,30,31)/t18?,19-,20?,22?/m0/s1. The van der Waals surface area contributed by atoms with Crippen molar-refractivity contribution in [1.82, 2.24) is 15.1 Å². The van der Waals surface area contributed by atoms with Crippen molar-refractivity contribution in [2.45, 2.75) is 56.5 Å². The fraction of sp³-hybridized carbons (Fsp3) is 0.560. The van der Waals surface area contributed by atoms with E-state index >= 15 is 0 Å². The number of carbonyl (C=O) groups excluding carboxylic acids is 1. The molecule has 0 radical (unpaired) electrons. The first kappa shape index (κ1) is 21.2. The first-order valence-electron chi connectivity index (χ1n) is 11.6. The van der Waals surface area contributed by atoms with Crippen molar-refractivity contribution in [3.8, 4) is 0 Å². The van der Waals surface area contributed by atoms with Crippen molar-refractivity contribution in [2.24, 2.45) is 11.3 Å². The Hall–Kier alpha value is -2.67. The molecule has 5 rings (SSSR count). The van der Waals surface area contributed by atoms with Crippen molar-refractivity contribution in [2.75, 3.05) is 20.2 Å². The second-order valence-electron chi connectivity index (χ2n) is 9.78. The number of rotatable bonds is 5. The maximum Gasteiger partial charge on any atom is 0.306 e. The lowest BCUT2D eigenvalue weighted by molar-refractivity contribution is -0.144. The lowest BCUT2D eigenvalue weighted by Crippen LogP contribution is -2.39. The molecule has 3 aliphatic rings. The first-order valence-corrected chi connectivity index (χ1v) is 11.6. The molecule has 2 N–H and O–H groups in total. The molecule has 2 heterocycles. The monoisotopic (exact) mass is 437 g/mol. The third kappa shape index (κ3) is 3.83. The van der Waals surface area contributed by atoms with Gasteiger partial charge in [-0.3, -0.25) is 14.7 Å². The van der Waals surface area contributed by atoms with Gasteiger partial charge in [-0.05, 0) is 67.1 Å². The average molecular weight is 438 g/mol. The lowest BCUT2D eigenvalue weighted by atomic mass is 9.75. The third-order valence-electron chi connectivity index (χ3n) is 8.17. The number of piperidine rings is 1. The quantitative estimate of drug-likeness (QED) is 0.742. The number of ether oxygens (including phenoxy) is 1. The van der Waals surface area contributed by atoms with Crippen molar-refractivity contribution in [3.63, 3.8) is 0 Å². The zero-order valence-corrected chi connectivity index (χ0v) is 18.5. The zero-order chi connectivity index (χ0) is 22.3. The van der Waals surface area contributed by atoms with Gasteiger partial charge in [-0.1, -0.05) is 24.3 Å². The Kier molecular flexibility index (Phi) is 5.53. The van der Waals surface area contributed by atoms with E-state index in [2.05, 4.69) is 34.5 Å². The number of amides is 1. The van der Waals surface area contributed by atoms with Gasteiger partial charge in [0.1, 0.15) is 5.69 Å². The van der Waals surface area contributed by atoms with Crippen LogP contribution in [-0.4, -0.2) is 58.4 Å². The Morgan fingerprint density at radius 3 is 2.47 bits per heavy atom. The highest BCUT2D eigenvalue weighted by molar-refractivity contribution is 5.92. The SMILES string of the molecule is COC1CCC(C(=O)O)C[C@H]1c1ccc(C2CC23CCN(C(=O)c2ccn[nH]2)CC3)cc1. The number of H-pyrrole nitrogens is 1. The maximum atomic E-state index is 12.6. The molecule has 7 heteroatoms. The maximum absolute atomic E-state index is 12.6. The van der Waals surface area contributed by atoms with E-state index in [-0.39, 0.29) is 23.8 Å². The van der Waals surface area contributed by atoms with E-state index in [1.54, 1.807) is 19.4 Å². The lowest BCUT2D eigenvalue weighted by Gasteiger charge is -2.34. The van der Waals surface area contributed by atoms with Crippen LogP contribution in [0.5, 0.6) is 0 Å². The number of aromatic nitrogens is 2. The molecule has 1 amide bonds. The second kappa shape index (κ2) is 8.35. The summed E-state index contributed by atoms with van der Waals surface area (Å²) < 4.78 is 5.69. The number of hydrogen-bond acceptors (Lipinski definition) is 4. The Morgan fingerprint density at radius 2 is 1.84 bits per heavy atom. The minimum atomic E-state index is -0.696. The van der Waals surface area contributed by atoms with Crippen LogP contribution >= 0.6 is 0 Å². The van der Waals surface area contributed by atoms with Gasteiger partial charge in [0.2, 0.25) is 0 Å². The van der Waals surface area contributed by atoms with Gasteiger partial charge in [-0.15, -0.1) is 0 Å². The number of carbonyl (C=O) groups is 2. The van der Waals surface area contributed by atoms with Gasteiger partial charge in [-0.2, -0.15) is 5.10 Å². The van der Waals surface area contributed by atoms with E-state index in [4.69, 9.17) is 4.74 Å². The summed E-state index contributed by atoms with van der Waals surface area (Å²) in [7, 11) is 1.73. The highest BCUT2D eigenvalue weighted by Gasteiger charge is 2.55. The molecular weight excluding hydrogens is 406 g/mol. The highest BCUT2D eigenvalue weighted by atomic mass is 16.5. The Morgan fingerprint density at radius 1 is 1.12 bits per heavy atom. The van der Waals surface area contributed by atoms with Crippen LogP contribution in [0.1, 0.15) is 72.0 Å². The van der Waals surface area contributed by atoms with Gasteiger partial charge in [-0.25, -0.2) is 0 Å². The van der Waals surface area contributed by atoms with Crippen LogP contribution in [-0.2, 0) is 9.53 Å². The van der Waals surface area contributed by atoms with Crippen LogP contribution < -0.4 is 0 Å². The smallest absolute Gasteiger partial charge is 0.306 e. The summed E-state index contributed by atoms with van der Waals surface area (Å²) in [4.78, 5) is 26.0. The summed E-state index contributed by atoms with van der Waals surface area (Å²) in [6, 6.07) is 10.5. The van der Waals surface area contributed by atoms with E-state index in [1.807, 2.05) is 4.90 Å². The molecule has 1 aromatic heterocycles. The van der Waals surface area contributed by atoms with Crippen LogP contribution in [0, 0.1) is 11.3 Å². The van der Waals surface area contributed by atoms with Crippen molar-refractivity contribution >= 4 is 11.9 Å². The molecule has 32 heavy (non-hydrogen) atoms. The molecule has 1 saturated heterocycles. The number of hydrogen-bond donors (Lipinski definition) is 2. The fourth-order valence-corrected chi connectivity index (χ4v) is 6.05. The van der Waals surface area contributed by atoms with Gasteiger partial charge < -0.3 is 14.7 Å². The Labute approximate surface area is 188 Å². The van der Waals surface area contributed by atoms with Crippen molar-refractivity contribution in [1.29, 1.82) is 0 Å². The summed E-state index contributed by atoms with van der Waals surface area (Å²) in [5, 5.41) is 16.1. The van der Waals surface area contributed by atoms with E-state index in [0.29, 0.717) is 29.9 Å². The summed E-state index contributed by atoms with van der Waals surface area (Å²) in [5.41, 5.74) is 3.43. The summed E-state index contributed by atoms with van der Waals surface area (Å²) in [6.07, 6.45) is 7.07. The molecule has 170 valence electrons. The van der Waals surface area contributed by atoms with Gasteiger partial charge in [0.25, 0.3) is 5.91 Å². The number of benzene rings is 1. The number of likely N-dealkylation sites (tertiary alicyclic amines) is 1. The number of aliphatic carboxylic acids is 1. The predicted octanol–water partition coefficient (Wildman–Crippen LogP) is 3.80. The third-order valence-corrected chi connectivity index (χ3v) is 8.17. The molecule has 2 aliphatic carbocycles. The molecule has 1 aliphatic heterocycles.